The van der Waals surface area contributed by atoms with Gasteiger partial charge in [-0.15, -0.1) is 0 Å². The van der Waals surface area contributed by atoms with Gasteiger partial charge in [0.2, 0.25) is 23.6 Å². The summed E-state index contributed by atoms with van der Waals surface area (Å²) in [6.07, 6.45) is 9.09. The second-order valence-electron chi connectivity index (χ2n) is 11.7. The Kier molecular flexibility index (Phi) is 8.56. The summed E-state index contributed by atoms with van der Waals surface area (Å²) < 4.78 is 0. The Morgan fingerprint density at radius 1 is 1.10 bits per heavy atom. The van der Waals surface area contributed by atoms with E-state index in [-0.39, 0.29) is 36.6 Å². The van der Waals surface area contributed by atoms with Crippen LogP contribution in [-0.4, -0.2) is 81.4 Å². The summed E-state index contributed by atoms with van der Waals surface area (Å²) in [5.74, 6) is -1.45. The van der Waals surface area contributed by atoms with Crippen LogP contribution in [0.1, 0.15) is 63.4 Å². The predicted octanol–water partition coefficient (Wildman–Crippen LogP) is 0.978. The molecule has 3 aliphatic heterocycles. The number of aliphatic hydroxyl groups is 1. The third-order valence-electron chi connectivity index (χ3n) is 8.80. The van der Waals surface area contributed by atoms with Crippen molar-refractivity contribution in [3.05, 3.63) is 48.0 Å². The lowest BCUT2D eigenvalue weighted by Crippen LogP contribution is -2.59. The van der Waals surface area contributed by atoms with E-state index in [9.17, 15) is 24.3 Å². The number of allylic oxidation sites excluding steroid dienone is 1. The van der Waals surface area contributed by atoms with E-state index in [2.05, 4.69) is 16.7 Å². The predicted molar refractivity (Wildman–Crippen MR) is 148 cm³/mol. The lowest BCUT2D eigenvalue weighted by atomic mass is 10.1. The van der Waals surface area contributed by atoms with Gasteiger partial charge in [0.1, 0.15) is 17.6 Å². The van der Waals surface area contributed by atoms with Crippen LogP contribution in [0.4, 0.5) is 0 Å². The van der Waals surface area contributed by atoms with Gasteiger partial charge in [-0.05, 0) is 44.1 Å². The first-order chi connectivity index (χ1) is 19.3. The molecule has 5 N–H and O–H groups in total. The molecule has 5 rings (SSSR count). The summed E-state index contributed by atoms with van der Waals surface area (Å²) in [5, 5.41) is 16.3. The molecule has 1 aliphatic carbocycles. The summed E-state index contributed by atoms with van der Waals surface area (Å²) in [4.78, 5) is 57.0. The molecule has 4 aliphatic rings. The number of aliphatic hydroxyl groups excluding tert-OH is 1. The highest BCUT2D eigenvalue weighted by Crippen LogP contribution is 2.47. The maximum absolute atomic E-state index is 14.1. The Morgan fingerprint density at radius 2 is 1.90 bits per heavy atom. The number of nitrogens with two attached hydrogens (primary N) is 1. The second kappa shape index (κ2) is 12.1. The van der Waals surface area contributed by atoms with Gasteiger partial charge in [0.15, 0.2) is 0 Å². The lowest BCUT2D eigenvalue weighted by Gasteiger charge is -2.31. The molecule has 0 unspecified atom stereocenters. The third-order valence-corrected chi connectivity index (χ3v) is 8.80. The molecule has 1 saturated carbocycles. The first-order valence-electron chi connectivity index (χ1n) is 14.7. The van der Waals surface area contributed by atoms with Crippen LogP contribution in [0.5, 0.6) is 0 Å². The zero-order chi connectivity index (χ0) is 28.3. The fourth-order valence-electron chi connectivity index (χ4n) is 6.41. The Morgan fingerprint density at radius 3 is 2.70 bits per heavy atom. The van der Waals surface area contributed by atoms with Crippen LogP contribution < -0.4 is 16.4 Å². The minimum absolute atomic E-state index is 0.0463. The van der Waals surface area contributed by atoms with Crippen LogP contribution in [0.25, 0.3) is 0 Å². The molecule has 40 heavy (non-hydrogen) atoms. The van der Waals surface area contributed by atoms with E-state index in [1.807, 2.05) is 36.4 Å². The first kappa shape index (κ1) is 28.3. The smallest absolute Gasteiger partial charge is 0.249 e. The minimum atomic E-state index is -1.17. The maximum Gasteiger partial charge on any atom is 0.249 e. The van der Waals surface area contributed by atoms with E-state index in [1.165, 1.54) is 4.90 Å². The normalized spacial score (nSPS) is 33.7. The summed E-state index contributed by atoms with van der Waals surface area (Å²) in [7, 11) is 0. The molecule has 10 nitrogen and oxygen atoms in total. The van der Waals surface area contributed by atoms with Crippen molar-refractivity contribution in [3.8, 4) is 0 Å². The Hall–Kier alpha value is -3.24. The number of fused-ring (bicyclic) bond motifs is 2. The van der Waals surface area contributed by atoms with E-state index in [4.69, 9.17) is 5.73 Å². The molecule has 0 radical (unpaired) electrons. The number of carbonyl (C=O) groups is 4. The standard InChI is InChI=1S/C30H41N5O5/c31-23-13-8-3-1-2-7-12-21-17-30(21,33-27(38)25-16-22(36)19-35(25)28(23)39)29(40)34-15-9-14-24(34)26(37)32-18-20-10-5-4-6-11-20/h4-7,10-12,21-25,36H,1-3,8-9,13-19,31H2,(H,32,37)(H,33,38)/b12-7-/t21-,22-,23+,24+,25+,30-/m1/s1. The van der Waals surface area contributed by atoms with Gasteiger partial charge < -0.3 is 31.3 Å². The zero-order valence-electron chi connectivity index (χ0n) is 23.0. The van der Waals surface area contributed by atoms with Crippen LogP contribution >= 0.6 is 0 Å². The van der Waals surface area contributed by atoms with Gasteiger partial charge in [-0.1, -0.05) is 55.3 Å². The van der Waals surface area contributed by atoms with Crippen molar-refractivity contribution in [2.75, 3.05) is 13.1 Å². The van der Waals surface area contributed by atoms with E-state index in [0.29, 0.717) is 38.8 Å². The van der Waals surface area contributed by atoms with Crippen molar-refractivity contribution in [2.24, 2.45) is 11.7 Å². The average Bonchev–Trinajstić information content (AvgIpc) is 3.26. The Balaban J connectivity index is 1.34. The van der Waals surface area contributed by atoms with Gasteiger partial charge >= 0.3 is 0 Å². The molecular weight excluding hydrogens is 510 g/mol. The fourth-order valence-corrected chi connectivity index (χ4v) is 6.41. The Bertz CT molecular complexity index is 1140. The Labute approximate surface area is 235 Å². The van der Waals surface area contributed by atoms with Crippen LogP contribution in [0, 0.1) is 5.92 Å². The van der Waals surface area contributed by atoms with Crippen molar-refractivity contribution in [1.82, 2.24) is 20.4 Å². The van der Waals surface area contributed by atoms with Crippen molar-refractivity contribution in [2.45, 2.75) is 94.1 Å². The lowest BCUT2D eigenvalue weighted by molar-refractivity contribution is -0.144. The highest BCUT2D eigenvalue weighted by molar-refractivity contribution is 6.00. The van der Waals surface area contributed by atoms with E-state index in [0.717, 1.165) is 31.2 Å². The molecule has 2 saturated heterocycles. The molecule has 0 aromatic heterocycles. The number of hydrogen-bond donors (Lipinski definition) is 4. The number of rotatable bonds is 4. The van der Waals surface area contributed by atoms with Gasteiger partial charge in [-0.2, -0.15) is 0 Å². The molecule has 216 valence electrons. The van der Waals surface area contributed by atoms with Gasteiger partial charge in [0.05, 0.1) is 12.1 Å². The van der Waals surface area contributed by atoms with Gasteiger partial charge in [-0.3, -0.25) is 19.2 Å². The first-order valence-corrected chi connectivity index (χ1v) is 14.7. The number of likely N-dealkylation sites (tertiary alicyclic amines) is 1. The van der Waals surface area contributed by atoms with E-state index >= 15 is 0 Å². The highest BCUT2D eigenvalue weighted by Gasteiger charge is 2.63. The number of hydrogen-bond acceptors (Lipinski definition) is 6. The van der Waals surface area contributed by atoms with Gasteiger partial charge in [0.25, 0.3) is 0 Å². The van der Waals surface area contributed by atoms with Crippen LogP contribution in [0.2, 0.25) is 0 Å². The SMILES string of the molecule is N[C@H]1CCCCC/C=C\[C@@H]2C[C@@]2(C(=O)N2CCC[C@H]2C(=O)NCc2ccccc2)NC(=O)[C@@H]2C[C@@H](O)CN2C1=O. The molecule has 6 atom stereocenters. The van der Waals surface area contributed by atoms with Crippen molar-refractivity contribution >= 4 is 23.6 Å². The summed E-state index contributed by atoms with van der Waals surface area (Å²) in [6.45, 7) is 0.865. The second-order valence-corrected chi connectivity index (χ2v) is 11.7. The number of nitrogens with one attached hydrogen (secondary N) is 2. The molecule has 4 amide bonds. The zero-order valence-corrected chi connectivity index (χ0v) is 23.0. The quantitative estimate of drug-likeness (QED) is 0.411. The summed E-state index contributed by atoms with van der Waals surface area (Å²) >= 11 is 0. The van der Waals surface area contributed by atoms with Crippen LogP contribution in [0.3, 0.4) is 0 Å². The molecule has 1 aromatic carbocycles. The molecule has 3 fully saturated rings. The van der Waals surface area contributed by atoms with Crippen molar-refractivity contribution in [3.63, 3.8) is 0 Å². The van der Waals surface area contributed by atoms with Crippen LogP contribution in [0.15, 0.2) is 42.5 Å². The average molecular weight is 552 g/mol. The largest absolute Gasteiger partial charge is 0.391 e. The minimum Gasteiger partial charge on any atom is -0.391 e. The maximum atomic E-state index is 14.1. The molecule has 0 spiro atoms. The fraction of sp³-hybridized carbons (Fsp3) is 0.600. The van der Waals surface area contributed by atoms with Crippen molar-refractivity contribution in [1.29, 1.82) is 0 Å². The summed E-state index contributed by atoms with van der Waals surface area (Å²) in [6, 6.07) is 7.39. The third kappa shape index (κ3) is 5.93. The number of benzene rings is 1. The molecule has 10 heteroatoms. The number of amides is 4. The highest BCUT2D eigenvalue weighted by atomic mass is 16.3. The van der Waals surface area contributed by atoms with Gasteiger partial charge in [0, 0.05) is 32.0 Å². The molecule has 3 heterocycles. The number of nitrogens with zero attached hydrogens (tertiary/aromatic N) is 2. The van der Waals surface area contributed by atoms with E-state index in [1.54, 1.807) is 4.90 Å². The topological polar surface area (TPSA) is 145 Å². The molecule has 1 aromatic rings. The molecule has 0 bridgehead atoms. The summed E-state index contributed by atoms with van der Waals surface area (Å²) in [5.41, 5.74) is 6.00. The molecular formula is C30H41N5O5. The van der Waals surface area contributed by atoms with Crippen LogP contribution in [-0.2, 0) is 25.7 Å². The monoisotopic (exact) mass is 551 g/mol. The van der Waals surface area contributed by atoms with E-state index < -0.39 is 35.7 Å². The van der Waals surface area contributed by atoms with Crippen molar-refractivity contribution < 1.29 is 24.3 Å². The number of carbonyl (C=O) groups excluding carboxylic acids is 4. The van der Waals surface area contributed by atoms with Gasteiger partial charge in [-0.25, -0.2) is 0 Å².